The predicted molar refractivity (Wildman–Crippen MR) is 47.5 cm³/mol. The molecule has 0 amide bonds. The lowest BCUT2D eigenvalue weighted by Crippen LogP contribution is -2.18. The van der Waals surface area contributed by atoms with E-state index < -0.39 is 0 Å². The standard InChI is InChI=1S/C10H19N/c1-10(2)4-8-6-11(3)7-9(8)5-10/h8-9H,4-7H2,1-3H3. The number of rotatable bonds is 0. The molecule has 11 heavy (non-hydrogen) atoms. The average Bonchev–Trinajstić information content (AvgIpc) is 2.17. The molecule has 0 aromatic rings. The molecule has 0 spiro atoms. The number of hydrogen-bond donors (Lipinski definition) is 0. The van der Waals surface area contributed by atoms with Gasteiger partial charge in [-0.1, -0.05) is 13.8 Å². The van der Waals surface area contributed by atoms with Crippen molar-refractivity contribution in [3.8, 4) is 0 Å². The summed E-state index contributed by atoms with van der Waals surface area (Å²) < 4.78 is 0. The van der Waals surface area contributed by atoms with Crippen molar-refractivity contribution in [2.24, 2.45) is 17.3 Å². The van der Waals surface area contributed by atoms with Crippen molar-refractivity contribution in [1.29, 1.82) is 0 Å². The Kier molecular flexibility index (Phi) is 1.54. The van der Waals surface area contributed by atoms with Gasteiger partial charge in [0.05, 0.1) is 0 Å². The molecular weight excluding hydrogens is 134 g/mol. The molecule has 1 heteroatoms. The Labute approximate surface area is 69.8 Å². The second kappa shape index (κ2) is 2.22. The molecule has 0 aromatic carbocycles. The van der Waals surface area contributed by atoms with Crippen LogP contribution in [0, 0.1) is 17.3 Å². The summed E-state index contributed by atoms with van der Waals surface area (Å²) in [5, 5.41) is 0. The third-order valence-electron chi connectivity index (χ3n) is 3.39. The van der Waals surface area contributed by atoms with Crippen LogP contribution < -0.4 is 0 Å². The Morgan fingerprint density at radius 2 is 1.55 bits per heavy atom. The van der Waals surface area contributed by atoms with E-state index in [1.54, 1.807) is 0 Å². The minimum absolute atomic E-state index is 0.649. The first-order valence-electron chi connectivity index (χ1n) is 4.75. The molecule has 1 aliphatic carbocycles. The number of likely N-dealkylation sites (tertiary alicyclic amines) is 1. The average molecular weight is 153 g/mol. The van der Waals surface area contributed by atoms with Gasteiger partial charge in [0.1, 0.15) is 0 Å². The zero-order valence-corrected chi connectivity index (χ0v) is 7.93. The van der Waals surface area contributed by atoms with Gasteiger partial charge < -0.3 is 4.90 Å². The second-order valence-corrected chi connectivity index (χ2v) is 5.31. The maximum absolute atomic E-state index is 2.49. The van der Waals surface area contributed by atoms with Gasteiger partial charge in [0.15, 0.2) is 0 Å². The van der Waals surface area contributed by atoms with Crippen LogP contribution in [0.3, 0.4) is 0 Å². The molecule has 0 N–H and O–H groups in total. The zero-order chi connectivity index (χ0) is 8.06. The highest BCUT2D eigenvalue weighted by atomic mass is 15.1. The normalized spacial score (nSPS) is 42.8. The molecule has 2 aliphatic rings. The topological polar surface area (TPSA) is 3.24 Å². The quantitative estimate of drug-likeness (QED) is 0.514. The van der Waals surface area contributed by atoms with Crippen molar-refractivity contribution in [1.82, 2.24) is 4.90 Å². The summed E-state index contributed by atoms with van der Waals surface area (Å²) in [5.41, 5.74) is 0.649. The molecule has 1 saturated heterocycles. The smallest absolute Gasteiger partial charge is 0.00101 e. The first kappa shape index (κ1) is 7.60. The lowest BCUT2D eigenvalue weighted by molar-refractivity contribution is 0.296. The highest BCUT2D eigenvalue weighted by Gasteiger charge is 2.43. The van der Waals surface area contributed by atoms with E-state index in [0.29, 0.717) is 5.41 Å². The summed E-state index contributed by atoms with van der Waals surface area (Å²) in [6.07, 6.45) is 2.92. The lowest BCUT2D eigenvalue weighted by atomic mass is 9.90. The van der Waals surface area contributed by atoms with Gasteiger partial charge in [-0.25, -0.2) is 0 Å². The van der Waals surface area contributed by atoms with Gasteiger partial charge in [-0.2, -0.15) is 0 Å². The van der Waals surface area contributed by atoms with E-state index in [9.17, 15) is 0 Å². The largest absolute Gasteiger partial charge is 0.306 e. The van der Waals surface area contributed by atoms with Crippen molar-refractivity contribution in [3.63, 3.8) is 0 Å². The molecule has 2 atom stereocenters. The van der Waals surface area contributed by atoms with Gasteiger partial charge >= 0.3 is 0 Å². The van der Waals surface area contributed by atoms with Crippen molar-refractivity contribution in [2.45, 2.75) is 26.7 Å². The maximum Gasteiger partial charge on any atom is 0.00101 e. The third-order valence-corrected chi connectivity index (χ3v) is 3.39. The molecule has 1 aliphatic heterocycles. The van der Waals surface area contributed by atoms with Gasteiger partial charge in [-0.3, -0.25) is 0 Å². The molecule has 2 rings (SSSR count). The number of nitrogens with zero attached hydrogens (tertiary/aromatic N) is 1. The summed E-state index contributed by atoms with van der Waals surface area (Å²) in [7, 11) is 2.26. The van der Waals surface area contributed by atoms with E-state index in [2.05, 4.69) is 25.8 Å². The molecule has 0 radical (unpaired) electrons. The van der Waals surface area contributed by atoms with E-state index >= 15 is 0 Å². The second-order valence-electron chi connectivity index (χ2n) is 5.31. The Bertz CT molecular complexity index is 146. The predicted octanol–water partition coefficient (Wildman–Crippen LogP) is 1.98. The van der Waals surface area contributed by atoms with E-state index in [-0.39, 0.29) is 0 Å². The number of hydrogen-bond acceptors (Lipinski definition) is 1. The SMILES string of the molecule is CN1CC2CC(C)(C)CC2C1. The molecule has 0 bridgehead atoms. The Morgan fingerprint density at radius 3 is 2.00 bits per heavy atom. The minimum Gasteiger partial charge on any atom is -0.306 e. The van der Waals surface area contributed by atoms with Crippen LogP contribution >= 0.6 is 0 Å². The minimum atomic E-state index is 0.649. The summed E-state index contributed by atoms with van der Waals surface area (Å²) >= 11 is 0. The highest BCUT2D eigenvalue weighted by Crippen LogP contribution is 2.47. The van der Waals surface area contributed by atoms with Crippen molar-refractivity contribution < 1.29 is 0 Å². The Morgan fingerprint density at radius 1 is 1.09 bits per heavy atom. The van der Waals surface area contributed by atoms with Crippen LogP contribution in [0.2, 0.25) is 0 Å². The van der Waals surface area contributed by atoms with Crippen molar-refractivity contribution in [3.05, 3.63) is 0 Å². The summed E-state index contributed by atoms with van der Waals surface area (Å²) in [6.45, 7) is 7.55. The van der Waals surface area contributed by atoms with Crippen LogP contribution in [-0.4, -0.2) is 25.0 Å². The van der Waals surface area contributed by atoms with E-state index in [0.717, 1.165) is 11.8 Å². The first-order chi connectivity index (χ1) is 5.07. The summed E-state index contributed by atoms with van der Waals surface area (Å²) in [4.78, 5) is 2.49. The molecule has 2 fully saturated rings. The van der Waals surface area contributed by atoms with Gasteiger partial charge in [0.25, 0.3) is 0 Å². The molecule has 1 saturated carbocycles. The van der Waals surface area contributed by atoms with Crippen LogP contribution in [0.25, 0.3) is 0 Å². The van der Waals surface area contributed by atoms with E-state index in [1.165, 1.54) is 25.9 Å². The van der Waals surface area contributed by atoms with Gasteiger partial charge in [-0.15, -0.1) is 0 Å². The van der Waals surface area contributed by atoms with Crippen LogP contribution in [0.15, 0.2) is 0 Å². The molecule has 2 unspecified atom stereocenters. The highest BCUT2D eigenvalue weighted by molar-refractivity contribution is 4.94. The molecule has 1 nitrogen and oxygen atoms in total. The van der Waals surface area contributed by atoms with E-state index in [1.807, 2.05) is 0 Å². The van der Waals surface area contributed by atoms with Crippen molar-refractivity contribution in [2.75, 3.05) is 20.1 Å². The van der Waals surface area contributed by atoms with Crippen LogP contribution in [0.1, 0.15) is 26.7 Å². The monoisotopic (exact) mass is 153 g/mol. The molecular formula is C10H19N. The number of fused-ring (bicyclic) bond motifs is 1. The fourth-order valence-electron chi connectivity index (χ4n) is 3.14. The Balaban J connectivity index is 2.04. The van der Waals surface area contributed by atoms with Crippen LogP contribution in [0.5, 0.6) is 0 Å². The summed E-state index contributed by atoms with van der Waals surface area (Å²) in [6, 6.07) is 0. The van der Waals surface area contributed by atoms with Crippen LogP contribution in [0.4, 0.5) is 0 Å². The zero-order valence-electron chi connectivity index (χ0n) is 7.93. The van der Waals surface area contributed by atoms with Crippen molar-refractivity contribution >= 4 is 0 Å². The summed E-state index contributed by atoms with van der Waals surface area (Å²) in [5.74, 6) is 2.05. The van der Waals surface area contributed by atoms with Gasteiger partial charge in [-0.05, 0) is 37.1 Å². The third kappa shape index (κ3) is 1.31. The van der Waals surface area contributed by atoms with E-state index in [4.69, 9.17) is 0 Å². The fraction of sp³-hybridized carbons (Fsp3) is 1.00. The molecule has 64 valence electrons. The van der Waals surface area contributed by atoms with Gasteiger partial charge in [0.2, 0.25) is 0 Å². The first-order valence-corrected chi connectivity index (χ1v) is 4.75. The Hall–Kier alpha value is -0.0400. The molecule has 1 heterocycles. The maximum atomic E-state index is 2.49. The lowest BCUT2D eigenvalue weighted by Gasteiger charge is -2.19. The van der Waals surface area contributed by atoms with Gasteiger partial charge in [0, 0.05) is 13.1 Å². The van der Waals surface area contributed by atoms with Crippen LogP contribution in [-0.2, 0) is 0 Å². The fourth-order valence-corrected chi connectivity index (χ4v) is 3.14. The molecule has 0 aromatic heterocycles.